The zero-order chi connectivity index (χ0) is 22.2. The van der Waals surface area contributed by atoms with Crippen molar-refractivity contribution >= 4 is 10.0 Å². The molecule has 1 aliphatic rings. The van der Waals surface area contributed by atoms with Crippen molar-refractivity contribution in [3.05, 3.63) is 76.2 Å². The first-order valence-corrected chi connectivity index (χ1v) is 11.8. The summed E-state index contributed by atoms with van der Waals surface area (Å²) in [5, 5.41) is 3.80. The SMILES string of the molecule is Cc1cc(Cc2cccc(F)c2)cc([C@@H]2CCCN(S(=O)(=O)c3c(C)noc3C)C2)n1. The molecular formula is C23H26FN3O3S. The molecule has 0 radical (unpaired) electrons. The second-order valence-electron chi connectivity index (χ2n) is 8.20. The van der Waals surface area contributed by atoms with E-state index < -0.39 is 10.0 Å². The Kier molecular flexibility index (Phi) is 5.94. The quantitative estimate of drug-likeness (QED) is 0.588. The van der Waals surface area contributed by atoms with Crippen LogP contribution in [-0.2, 0) is 16.4 Å². The second-order valence-corrected chi connectivity index (χ2v) is 10.1. The summed E-state index contributed by atoms with van der Waals surface area (Å²) >= 11 is 0. The number of nitrogens with zero attached hydrogens (tertiary/aromatic N) is 3. The molecule has 31 heavy (non-hydrogen) atoms. The lowest BCUT2D eigenvalue weighted by atomic mass is 9.93. The zero-order valence-electron chi connectivity index (χ0n) is 17.9. The van der Waals surface area contributed by atoms with Crippen LogP contribution < -0.4 is 0 Å². The van der Waals surface area contributed by atoms with Gasteiger partial charge in [-0.2, -0.15) is 4.31 Å². The maximum atomic E-state index is 13.6. The lowest BCUT2D eigenvalue weighted by Gasteiger charge is -2.31. The van der Waals surface area contributed by atoms with Crippen molar-refractivity contribution in [2.45, 2.75) is 50.8 Å². The van der Waals surface area contributed by atoms with Crippen molar-refractivity contribution < 1.29 is 17.3 Å². The molecule has 0 saturated carbocycles. The number of aromatic nitrogens is 2. The zero-order valence-corrected chi connectivity index (χ0v) is 18.7. The average Bonchev–Trinajstić information content (AvgIpc) is 3.06. The van der Waals surface area contributed by atoms with Crippen molar-refractivity contribution in [1.29, 1.82) is 0 Å². The van der Waals surface area contributed by atoms with Gasteiger partial charge in [0.1, 0.15) is 16.4 Å². The van der Waals surface area contributed by atoms with E-state index in [0.29, 0.717) is 31.0 Å². The maximum absolute atomic E-state index is 13.6. The molecule has 0 bridgehead atoms. The molecule has 4 rings (SSSR count). The molecule has 2 aromatic heterocycles. The van der Waals surface area contributed by atoms with Crippen LogP contribution in [0.2, 0.25) is 0 Å². The van der Waals surface area contributed by atoms with Crippen LogP contribution in [0.3, 0.4) is 0 Å². The van der Waals surface area contributed by atoms with Crippen LogP contribution in [-0.4, -0.2) is 36.0 Å². The van der Waals surface area contributed by atoms with Crippen LogP contribution in [0.4, 0.5) is 4.39 Å². The number of benzene rings is 1. The third kappa shape index (κ3) is 4.55. The minimum Gasteiger partial charge on any atom is -0.360 e. The average molecular weight is 444 g/mol. The van der Waals surface area contributed by atoms with Crippen LogP contribution in [0.5, 0.6) is 0 Å². The van der Waals surface area contributed by atoms with E-state index in [1.807, 2.05) is 25.1 Å². The summed E-state index contributed by atoms with van der Waals surface area (Å²) in [6, 6.07) is 10.6. The Labute approximate surface area is 182 Å². The van der Waals surface area contributed by atoms with E-state index in [0.717, 1.165) is 35.4 Å². The molecule has 3 aromatic rings. The topological polar surface area (TPSA) is 76.3 Å². The monoisotopic (exact) mass is 443 g/mol. The number of sulfonamides is 1. The molecule has 0 spiro atoms. The van der Waals surface area contributed by atoms with Crippen LogP contribution >= 0.6 is 0 Å². The third-order valence-electron chi connectivity index (χ3n) is 5.70. The number of pyridine rings is 1. The third-order valence-corrected chi connectivity index (χ3v) is 7.81. The van der Waals surface area contributed by atoms with Gasteiger partial charge in [0.15, 0.2) is 5.76 Å². The van der Waals surface area contributed by atoms with Gasteiger partial charge in [-0.15, -0.1) is 0 Å². The molecule has 0 N–H and O–H groups in total. The molecule has 6 nitrogen and oxygen atoms in total. The summed E-state index contributed by atoms with van der Waals surface area (Å²) < 4.78 is 46.7. The Bertz CT molecular complexity index is 1190. The minimum atomic E-state index is -3.69. The van der Waals surface area contributed by atoms with E-state index in [9.17, 15) is 12.8 Å². The van der Waals surface area contributed by atoms with E-state index in [1.54, 1.807) is 19.9 Å². The molecule has 1 fully saturated rings. The first-order valence-electron chi connectivity index (χ1n) is 10.4. The summed E-state index contributed by atoms with van der Waals surface area (Å²) in [5.41, 5.74) is 4.06. The maximum Gasteiger partial charge on any atom is 0.248 e. The molecule has 1 aliphatic heterocycles. The Morgan fingerprint density at radius 1 is 1.16 bits per heavy atom. The lowest BCUT2D eigenvalue weighted by Crippen LogP contribution is -2.39. The van der Waals surface area contributed by atoms with Gasteiger partial charge >= 0.3 is 0 Å². The van der Waals surface area contributed by atoms with Gasteiger partial charge in [0, 0.05) is 30.4 Å². The van der Waals surface area contributed by atoms with Crippen LogP contribution in [0.1, 0.15) is 52.7 Å². The fourth-order valence-corrected chi connectivity index (χ4v) is 6.15. The molecule has 1 aromatic carbocycles. The van der Waals surface area contributed by atoms with Gasteiger partial charge in [-0.25, -0.2) is 12.8 Å². The predicted molar refractivity (Wildman–Crippen MR) is 115 cm³/mol. The molecule has 164 valence electrons. The fourth-order valence-electron chi connectivity index (χ4n) is 4.34. The Morgan fingerprint density at radius 2 is 1.97 bits per heavy atom. The summed E-state index contributed by atoms with van der Waals surface area (Å²) in [6.07, 6.45) is 2.22. The highest BCUT2D eigenvalue weighted by Crippen LogP contribution is 2.32. The Balaban J connectivity index is 1.59. The lowest BCUT2D eigenvalue weighted by molar-refractivity contribution is 0.311. The molecular weight excluding hydrogens is 417 g/mol. The van der Waals surface area contributed by atoms with E-state index in [-0.39, 0.29) is 16.6 Å². The number of rotatable bonds is 5. The van der Waals surface area contributed by atoms with Gasteiger partial charge in [0.2, 0.25) is 10.0 Å². The van der Waals surface area contributed by atoms with Crippen molar-refractivity contribution in [2.24, 2.45) is 0 Å². The number of hydrogen-bond acceptors (Lipinski definition) is 5. The van der Waals surface area contributed by atoms with Gasteiger partial charge in [0.05, 0.1) is 0 Å². The fraction of sp³-hybridized carbons (Fsp3) is 0.391. The van der Waals surface area contributed by atoms with Gasteiger partial charge < -0.3 is 4.52 Å². The molecule has 0 unspecified atom stereocenters. The smallest absolute Gasteiger partial charge is 0.248 e. The second kappa shape index (κ2) is 8.51. The normalized spacial score (nSPS) is 17.7. The highest BCUT2D eigenvalue weighted by atomic mass is 32.2. The predicted octanol–water partition coefficient (Wildman–Crippen LogP) is 4.29. The van der Waals surface area contributed by atoms with Crippen LogP contribution in [0, 0.1) is 26.6 Å². The summed E-state index contributed by atoms with van der Waals surface area (Å²) in [7, 11) is -3.69. The van der Waals surface area contributed by atoms with Crippen LogP contribution in [0.25, 0.3) is 0 Å². The van der Waals surface area contributed by atoms with Crippen molar-refractivity contribution in [3.8, 4) is 0 Å². The molecule has 1 saturated heterocycles. The van der Waals surface area contributed by atoms with E-state index in [4.69, 9.17) is 9.51 Å². The molecule has 3 heterocycles. The number of halogens is 1. The molecule has 1 atom stereocenters. The highest BCUT2D eigenvalue weighted by molar-refractivity contribution is 7.89. The van der Waals surface area contributed by atoms with Gasteiger partial charge in [-0.3, -0.25) is 4.98 Å². The number of hydrogen-bond donors (Lipinski definition) is 0. The van der Waals surface area contributed by atoms with E-state index in [1.165, 1.54) is 16.4 Å². The molecule has 8 heteroatoms. The number of aryl methyl sites for hydroxylation is 3. The van der Waals surface area contributed by atoms with Crippen LogP contribution in [0.15, 0.2) is 45.8 Å². The summed E-state index contributed by atoms with van der Waals surface area (Å²) in [6.45, 7) is 6.02. The summed E-state index contributed by atoms with van der Waals surface area (Å²) in [5.74, 6) is 0.0526. The Hall–Kier alpha value is -2.58. The minimum absolute atomic E-state index is 0.00448. The van der Waals surface area contributed by atoms with Gasteiger partial charge in [0.25, 0.3) is 0 Å². The van der Waals surface area contributed by atoms with E-state index in [2.05, 4.69) is 5.16 Å². The number of piperidine rings is 1. The van der Waals surface area contributed by atoms with Crippen molar-refractivity contribution in [2.75, 3.05) is 13.1 Å². The highest BCUT2D eigenvalue weighted by Gasteiger charge is 2.35. The molecule has 0 amide bonds. The van der Waals surface area contributed by atoms with Gasteiger partial charge in [-0.05, 0) is 75.4 Å². The van der Waals surface area contributed by atoms with Gasteiger partial charge in [-0.1, -0.05) is 17.3 Å². The first-order chi connectivity index (χ1) is 14.7. The first kappa shape index (κ1) is 21.6. The summed E-state index contributed by atoms with van der Waals surface area (Å²) in [4.78, 5) is 4.87. The Morgan fingerprint density at radius 3 is 2.68 bits per heavy atom. The largest absolute Gasteiger partial charge is 0.360 e. The standard InChI is InChI=1S/C23H26FN3O3S/c1-15-10-19(11-18-6-4-8-21(24)12-18)13-22(25-15)20-7-5-9-27(14-20)31(28,29)23-16(2)26-30-17(23)3/h4,6,8,10,12-13,20H,5,7,9,11,14H2,1-3H3/t20-/m1/s1. The van der Waals surface area contributed by atoms with E-state index >= 15 is 0 Å². The van der Waals surface area contributed by atoms with Crippen molar-refractivity contribution in [1.82, 2.24) is 14.4 Å². The van der Waals surface area contributed by atoms with Crippen molar-refractivity contribution in [3.63, 3.8) is 0 Å². The molecule has 0 aliphatic carbocycles.